The van der Waals surface area contributed by atoms with Crippen LogP contribution >= 0.6 is 23.5 Å². The first-order valence-corrected chi connectivity index (χ1v) is 12.4. The van der Waals surface area contributed by atoms with E-state index in [0.29, 0.717) is 24.6 Å². The Kier molecular flexibility index (Phi) is 5.86. The van der Waals surface area contributed by atoms with E-state index in [4.69, 9.17) is 14.5 Å². The molecule has 1 saturated heterocycles. The molecule has 1 aromatic heterocycles. The molecule has 3 rings (SSSR count). The standard InChI is InChI=1S/C16H17BrF2NO6PS/c17-14-7-11-9-20-15(26-4-3-12-2-1-5-28(12,24)25)8-10(11)6-13(14)16(18,19)27(21,22)23/h6-9,12H,1-5H2,(H2,21,22,23). The Morgan fingerprint density at radius 1 is 1.29 bits per heavy atom. The Morgan fingerprint density at radius 2 is 2.00 bits per heavy atom. The molecule has 154 valence electrons. The maximum absolute atomic E-state index is 14.1. The highest BCUT2D eigenvalue weighted by Gasteiger charge is 2.51. The number of hydrogen-bond donors (Lipinski definition) is 2. The van der Waals surface area contributed by atoms with Crippen LogP contribution in [-0.2, 0) is 20.1 Å². The van der Waals surface area contributed by atoms with E-state index in [9.17, 15) is 21.8 Å². The van der Waals surface area contributed by atoms with Gasteiger partial charge in [0, 0.05) is 27.7 Å². The van der Waals surface area contributed by atoms with Gasteiger partial charge >= 0.3 is 13.3 Å². The van der Waals surface area contributed by atoms with Gasteiger partial charge in [0.05, 0.1) is 17.6 Å². The molecule has 1 atom stereocenters. The first-order chi connectivity index (χ1) is 12.9. The van der Waals surface area contributed by atoms with Gasteiger partial charge in [-0.05, 0) is 36.8 Å². The molecule has 0 spiro atoms. The molecular formula is C16H17BrF2NO6PS. The van der Waals surface area contributed by atoms with Crippen LogP contribution < -0.4 is 4.74 Å². The maximum atomic E-state index is 14.1. The molecule has 1 fully saturated rings. The van der Waals surface area contributed by atoms with Gasteiger partial charge in [-0.25, -0.2) is 13.4 Å². The smallest absolute Gasteiger partial charge is 0.399 e. The van der Waals surface area contributed by atoms with Crippen molar-refractivity contribution in [2.24, 2.45) is 0 Å². The monoisotopic (exact) mass is 499 g/mol. The Labute approximate surface area is 168 Å². The first-order valence-electron chi connectivity index (χ1n) is 8.29. The summed E-state index contributed by atoms with van der Waals surface area (Å²) in [5.74, 6) is 0.285. The molecule has 7 nitrogen and oxygen atoms in total. The minimum Gasteiger partial charge on any atom is -0.478 e. The van der Waals surface area contributed by atoms with Crippen molar-refractivity contribution in [2.75, 3.05) is 12.4 Å². The SMILES string of the molecule is O=P(O)(O)C(F)(F)c1cc2cc(OCCC3CCCS3(=O)=O)ncc2cc1Br. The third-order valence-corrected chi connectivity index (χ3v) is 8.60. The topological polar surface area (TPSA) is 114 Å². The predicted molar refractivity (Wildman–Crippen MR) is 102 cm³/mol. The summed E-state index contributed by atoms with van der Waals surface area (Å²) >= 11 is 2.92. The summed E-state index contributed by atoms with van der Waals surface area (Å²) in [7, 11) is -8.80. The van der Waals surface area contributed by atoms with Crippen molar-refractivity contribution < 1.29 is 36.3 Å². The summed E-state index contributed by atoms with van der Waals surface area (Å²) < 4.78 is 68.3. The van der Waals surface area contributed by atoms with Crippen molar-refractivity contribution in [3.63, 3.8) is 0 Å². The quantitative estimate of drug-likeness (QED) is 0.583. The van der Waals surface area contributed by atoms with Crippen LogP contribution in [0.5, 0.6) is 5.88 Å². The van der Waals surface area contributed by atoms with E-state index in [1.807, 2.05) is 0 Å². The van der Waals surface area contributed by atoms with E-state index in [0.717, 1.165) is 6.07 Å². The van der Waals surface area contributed by atoms with Gasteiger partial charge in [-0.15, -0.1) is 0 Å². The fraction of sp³-hybridized carbons (Fsp3) is 0.438. The molecule has 0 radical (unpaired) electrons. The van der Waals surface area contributed by atoms with E-state index in [1.165, 1.54) is 18.3 Å². The van der Waals surface area contributed by atoms with Gasteiger partial charge in [0.15, 0.2) is 9.84 Å². The third-order valence-electron chi connectivity index (χ3n) is 4.63. The van der Waals surface area contributed by atoms with Crippen LogP contribution in [0.2, 0.25) is 0 Å². The number of halogens is 3. The molecule has 0 aliphatic carbocycles. The van der Waals surface area contributed by atoms with Gasteiger partial charge < -0.3 is 14.5 Å². The first kappa shape index (κ1) is 21.6. The molecule has 2 aromatic rings. The van der Waals surface area contributed by atoms with Crippen LogP contribution in [0.15, 0.2) is 28.9 Å². The maximum Gasteiger partial charge on any atom is 0.399 e. The molecule has 0 saturated carbocycles. The zero-order valence-corrected chi connectivity index (χ0v) is 17.7. The number of fused-ring (bicyclic) bond motifs is 1. The van der Waals surface area contributed by atoms with Crippen molar-refractivity contribution in [1.82, 2.24) is 4.98 Å². The van der Waals surface area contributed by atoms with Crippen LogP contribution in [0, 0.1) is 0 Å². The van der Waals surface area contributed by atoms with E-state index in [1.54, 1.807) is 0 Å². The van der Waals surface area contributed by atoms with Crippen molar-refractivity contribution in [2.45, 2.75) is 30.2 Å². The number of hydrogen-bond acceptors (Lipinski definition) is 5. The fourth-order valence-electron chi connectivity index (χ4n) is 3.09. The molecule has 28 heavy (non-hydrogen) atoms. The lowest BCUT2D eigenvalue weighted by atomic mass is 10.1. The number of ether oxygens (including phenoxy) is 1. The largest absolute Gasteiger partial charge is 0.478 e. The van der Waals surface area contributed by atoms with Crippen LogP contribution in [-0.4, -0.2) is 40.8 Å². The number of aromatic nitrogens is 1. The normalized spacial score (nSPS) is 19.8. The average Bonchev–Trinajstić information content (AvgIpc) is 2.92. The lowest BCUT2D eigenvalue weighted by Gasteiger charge is -2.20. The van der Waals surface area contributed by atoms with Crippen LogP contribution in [0.1, 0.15) is 24.8 Å². The summed E-state index contributed by atoms with van der Waals surface area (Å²) in [5.41, 5.74) is -5.20. The van der Waals surface area contributed by atoms with Gasteiger partial charge in [-0.1, -0.05) is 15.9 Å². The Balaban J connectivity index is 1.82. The second-order valence-electron chi connectivity index (χ2n) is 6.56. The van der Waals surface area contributed by atoms with E-state index < -0.39 is 33.9 Å². The molecule has 1 unspecified atom stereocenters. The van der Waals surface area contributed by atoms with Crippen molar-refractivity contribution in [3.05, 3.63) is 34.4 Å². The van der Waals surface area contributed by atoms with E-state index in [2.05, 4.69) is 20.9 Å². The fourth-order valence-corrected chi connectivity index (χ4v) is 6.23. The molecule has 1 aliphatic heterocycles. The minimum absolute atomic E-state index is 0.102. The lowest BCUT2D eigenvalue weighted by molar-refractivity contribution is 0.0558. The highest BCUT2D eigenvalue weighted by molar-refractivity contribution is 9.10. The zero-order chi connectivity index (χ0) is 20.7. The van der Waals surface area contributed by atoms with Gasteiger partial charge in [0.1, 0.15) is 0 Å². The number of nitrogens with zero attached hydrogens (tertiary/aromatic N) is 1. The second-order valence-corrected chi connectivity index (χ2v) is 11.5. The Bertz CT molecular complexity index is 1060. The van der Waals surface area contributed by atoms with Gasteiger partial charge in [0.25, 0.3) is 0 Å². The van der Waals surface area contributed by atoms with E-state index >= 15 is 0 Å². The predicted octanol–water partition coefficient (Wildman–Crippen LogP) is 3.57. The molecule has 1 aromatic carbocycles. The van der Waals surface area contributed by atoms with Crippen molar-refractivity contribution in [1.29, 1.82) is 0 Å². The number of rotatable bonds is 6. The second kappa shape index (κ2) is 7.60. The van der Waals surface area contributed by atoms with Crippen LogP contribution in [0.3, 0.4) is 0 Å². The number of pyridine rings is 1. The van der Waals surface area contributed by atoms with Crippen molar-refractivity contribution >= 4 is 44.1 Å². The Morgan fingerprint density at radius 3 is 2.61 bits per heavy atom. The number of benzene rings is 1. The molecule has 0 amide bonds. The lowest BCUT2D eigenvalue weighted by Crippen LogP contribution is -2.19. The summed E-state index contributed by atoms with van der Waals surface area (Å²) in [6.45, 7) is 0.102. The Hall–Kier alpha value is -1.13. The van der Waals surface area contributed by atoms with Crippen LogP contribution in [0.4, 0.5) is 8.78 Å². The third kappa shape index (κ3) is 4.23. The molecule has 0 bridgehead atoms. The number of sulfone groups is 1. The van der Waals surface area contributed by atoms with Gasteiger partial charge in [0.2, 0.25) is 5.88 Å². The zero-order valence-electron chi connectivity index (χ0n) is 14.4. The number of alkyl halides is 2. The highest BCUT2D eigenvalue weighted by atomic mass is 79.9. The molecule has 12 heteroatoms. The van der Waals surface area contributed by atoms with E-state index in [-0.39, 0.29) is 28.1 Å². The molecule has 1 aliphatic rings. The summed E-state index contributed by atoms with van der Waals surface area (Å²) in [6.07, 6.45) is 2.91. The molecule has 2 N–H and O–H groups in total. The van der Waals surface area contributed by atoms with Crippen molar-refractivity contribution in [3.8, 4) is 5.88 Å². The van der Waals surface area contributed by atoms with Crippen LogP contribution in [0.25, 0.3) is 10.8 Å². The summed E-state index contributed by atoms with van der Waals surface area (Å²) in [5, 5.41) is 0.269. The summed E-state index contributed by atoms with van der Waals surface area (Å²) in [6, 6.07) is 3.62. The summed E-state index contributed by atoms with van der Waals surface area (Å²) in [4.78, 5) is 22.0. The average molecular weight is 500 g/mol. The van der Waals surface area contributed by atoms with Gasteiger partial charge in [-0.3, -0.25) is 4.57 Å². The van der Waals surface area contributed by atoms with Gasteiger partial charge in [-0.2, -0.15) is 8.78 Å². The molecule has 2 heterocycles. The minimum atomic E-state index is -5.72. The molecular weight excluding hydrogens is 483 g/mol. The highest BCUT2D eigenvalue weighted by Crippen LogP contribution is 2.60.